The van der Waals surface area contributed by atoms with Crippen LogP contribution >= 0.6 is 15.9 Å². The highest BCUT2D eigenvalue weighted by Crippen LogP contribution is 2.45. The minimum Gasteiger partial charge on any atom is -0.497 e. The van der Waals surface area contributed by atoms with Gasteiger partial charge < -0.3 is 9.47 Å². The number of rotatable bonds is 7. The normalized spacial score (nSPS) is 24.4. The Hall–Kier alpha value is -4.84. The van der Waals surface area contributed by atoms with Gasteiger partial charge in [0.15, 0.2) is 12.1 Å². The summed E-state index contributed by atoms with van der Waals surface area (Å²) in [5.41, 5.74) is 4.35. The Balaban J connectivity index is 1.19. The first-order valence-corrected chi connectivity index (χ1v) is 15.9. The van der Waals surface area contributed by atoms with E-state index in [2.05, 4.69) is 32.3 Å². The molecule has 0 bridgehead atoms. The van der Waals surface area contributed by atoms with E-state index in [-0.39, 0.29) is 24.4 Å². The zero-order valence-corrected chi connectivity index (χ0v) is 26.8. The third-order valence-corrected chi connectivity index (χ3v) is 9.39. The van der Waals surface area contributed by atoms with Crippen LogP contribution in [0.15, 0.2) is 98.3 Å². The first-order chi connectivity index (χ1) is 22.4. The van der Waals surface area contributed by atoms with Crippen molar-refractivity contribution in [3.8, 4) is 11.5 Å². The van der Waals surface area contributed by atoms with Gasteiger partial charge in [-0.3, -0.25) is 19.4 Å². The maximum absolute atomic E-state index is 14.2. The molecule has 2 fully saturated rings. The number of anilines is 1. The van der Waals surface area contributed by atoms with Gasteiger partial charge in [0.05, 0.1) is 31.7 Å². The summed E-state index contributed by atoms with van der Waals surface area (Å²) >= 11 is 3.40. The number of carbonyl (C=O) groups is 3. The first-order valence-electron chi connectivity index (χ1n) is 15.1. The van der Waals surface area contributed by atoms with Crippen LogP contribution in [-0.4, -0.2) is 66.3 Å². The maximum atomic E-state index is 14.2. The minimum atomic E-state index is -1.01. The van der Waals surface area contributed by atoms with Gasteiger partial charge in [0, 0.05) is 10.4 Å². The number of benzene rings is 3. The lowest BCUT2D eigenvalue weighted by molar-refractivity contribution is -0.136. The largest absolute Gasteiger partial charge is 0.497 e. The van der Waals surface area contributed by atoms with Crippen molar-refractivity contribution in [3.05, 3.63) is 94.0 Å². The molecule has 3 heterocycles. The van der Waals surface area contributed by atoms with Gasteiger partial charge >= 0.3 is 0 Å². The molecule has 0 N–H and O–H groups in total. The number of hydrogen-bond donors (Lipinski definition) is 0. The van der Waals surface area contributed by atoms with Crippen LogP contribution in [0.4, 0.5) is 5.69 Å². The van der Waals surface area contributed by atoms with Crippen molar-refractivity contribution in [3.63, 3.8) is 0 Å². The molecule has 0 unspecified atom stereocenters. The van der Waals surface area contributed by atoms with E-state index in [0.717, 1.165) is 56.8 Å². The summed E-state index contributed by atoms with van der Waals surface area (Å²) in [7, 11) is 3.25. The first kappa shape index (κ1) is 29.8. The second-order valence-corrected chi connectivity index (χ2v) is 12.5. The summed E-state index contributed by atoms with van der Waals surface area (Å²) in [6, 6.07) is 20.1. The summed E-state index contributed by atoms with van der Waals surface area (Å²) in [5.74, 6) is 0.194. The van der Waals surface area contributed by atoms with Gasteiger partial charge in [0.2, 0.25) is 0 Å². The van der Waals surface area contributed by atoms with Crippen molar-refractivity contribution < 1.29 is 23.9 Å². The molecular formula is C34H31BrN6O5. The molecule has 4 atom stereocenters. The fourth-order valence-corrected chi connectivity index (χ4v) is 7.06. The molecule has 3 aromatic carbocycles. The fraction of sp³-hybridized carbons (Fsp3) is 0.294. The lowest BCUT2D eigenvalue weighted by Crippen LogP contribution is -2.45. The molecule has 1 saturated carbocycles. The Kier molecular flexibility index (Phi) is 7.89. The number of fused-ring (bicyclic) bond motifs is 2. The average molecular weight is 684 g/mol. The molecule has 7 rings (SSSR count). The molecule has 1 saturated heterocycles. The van der Waals surface area contributed by atoms with Crippen molar-refractivity contribution in [1.82, 2.24) is 10.0 Å². The number of amides is 3. The smallest absolute Gasteiger partial charge is 0.264 e. The molecule has 234 valence electrons. The summed E-state index contributed by atoms with van der Waals surface area (Å²) in [6.45, 7) is -0.260. The Morgan fingerprint density at radius 2 is 1.67 bits per heavy atom. The maximum Gasteiger partial charge on any atom is 0.264 e. The topological polar surface area (TPSA) is 116 Å². The van der Waals surface area contributed by atoms with Crippen molar-refractivity contribution in [1.29, 1.82) is 0 Å². The predicted octanol–water partition coefficient (Wildman–Crippen LogP) is 5.58. The van der Waals surface area contributed by atoms with Gasteiger partial charge in [0.25, 0.3) is 17.7 Å². The van der Waals surface area contributed by atoms with E-state index >= 15 is 0 Å². The third-order valence-electron chi connectivity index (χ3n) is 8.89. The number of ether oxygens (including phenoxy) is 2. The van der Waals surface area contributed by atoms with Gasteiger partial charge in [-0.1, -0.05) is 51.5 Å². The van der Waals surface area contributed by atoms with E-state index in [1.54, 1.807) is 32.4 Å². The molecule has 3 amide bonds. The molecule has 0 radical (unpaired) electrons. The second kappa shape index (κ2) is 12.2. The number of imide groups is 1. The van der Waals surface area contributed by atoms with Crippen LogP contribution in [0, 0.1) is 5.92 Å². The monoisotopic (exact) mass is 682 g/mol. The van der Waals surface area contributed by atoms with Gasteiger partial charge in [-0.05, 0) is 84.5 Å². The molecular weight excluding hydrogens is 652 g/mol. The number of hydrazone groups is 1. The van der Waals surface area contributed by atoms with Gasteiger partial charge in [-0.15, -0.1) is 0 Å². The standard InChI is InChI=1S/C34H31BrN6O5/c1-45-25-13-9-20(10-14-25)17-22-5-3-8-27-29(22)37-41(31(27)21-11-15-26(46-2)16-12-21)28(42)19-39-32-30(36-38-39)33(43)40(34(32)44)24-7-4-6-23(35)18-24/h4,6-7,9-18,27,30-32H,3,5,8,19H2,1-2H3/b22-17-/t27-,30+,31+,32-/m1/s1. The van der Waals surface area contributed by atoms with Crippen molar-refractivity contribution >= 4 is 51.1 Å². The van der Waals surface area contributed by atoms with Crippen LogP contribution < -0.4 is 14.4 Å². The number of methoxy groups -OCH3 is 2. The Morgan fingerprint density at radius 1 is 0.957 bits per heavy atom. The lowest BCUT2D eigenvalue weighted by Gasteiger charge is -2.30. The van der Waals surface area contributed by atoms with Gasteiger partial charge in [-0.2, -0.15) is 10.2 Å². The number of halogens is 1. The highest BCUT2D eigenvalue weighted by Gasteiger charge is 2.55. The molecule has 3 aliphatic heterocycles. The number of allylic oxidation sites excluding steroid dienone is 1. The third kappa shape index (κ3) is 5.26. The van der Waals surface area contributed by atoms with E-state index in [0.29, 0.717) is 11.4 Å². The SMILES string of the molecule is COc1ccc(/C=C2/CCC[C@@H]3C2=NN(C(=O)CN2N=N[C@@H]4C(=O)N(c5cccc(Br)c5)C(=O)[C@@H]42)[C@H]3c2ccc(OC)cc2)cc1. The summed E-state index contributed by atoms with van der Waals surface area (Å²) in [5, 5.41) is 16.1. The lowest BCUT2D eigenvalue weighted by atomic mass is 9.77. The molecule has 11 nitrogen and oxygen atoms in total. The average Bonchev–Trinajstić information content (AvgIpc) is 3.74. The quantitative estimate of drug-likeness (QED) is 0.300. The van der Waals surface area contributed by atoms with Crippen LogP contribution in [0.1, 0.15) is 36.4 Å². The highest BCUT2D eigenvalue weighted by atomic mass is 79.9. The molecule has 12 heteroatoms. The minimum absolute atomic E-state index is 0.0229. The van der Waals surface area contributed by atoms with Crippen molar-refractivity contribution in [2.75, 3.05) is 25.7 Å². The van der Waals surface area contributed by atoms with Crippen LogP contribution in [0.25, 0.3) is 6.08 Å². The molecule has 0 aromatic heterocycles. The van der Waals surface area contributed by atoms with E-state index < -0.39 is 23.9 Å². The van der Waals surface area contributed by atoms with Crippen LogP contribution in [0.3, 0.4) is 0 Å². The molecule has 0 spiro atoms. The van der Waals surface area contributed by atoms with Crippen molar-refractivity contribution in [2.24, 2.45) is 21.4 Å². The van der Waals surface area contributed by atoms with E-state index in [9.17, 15) is 14.4 Å². The van der Waals surface area contributed by atoms with E-state index in [1.807, 2.05) is 54.6 Å². The fourth-order valence-electron chi connectivity index (χ4n) is 6.68. The van der Waals surface area contributed by atoms with Crippen LogP contribution in [0.2, 0.25) is 0 Å². The zero-order valence-electron chi connectivity index (χ0n) is 25.2. The number of nitrogens with zero attached hydrogens (tertiary/aromatic N) is 6. The van der Waals surface area contributed by atoms with Crippen molar-refractivity contribution in [2.45, 2.75) is 37.4 Å². The highest BCUT2D eigenvalue weighted by molar-refractivity contribution is 9.10. The Bertz CT molecular complexity index is 1790. The van der Waals surface area contributed by atoms with E-state index in [1.165, 1.54) is 10.0 Å². The second-order valence-electron chi connectivity index (χ2n) is 11.6. The molecule has 1 aliphatic carbocycles. The zero-order chi connectivity index (χ0) is 31.9. The summed E-state index contributed by atoms with van der Waals surface area (Å²) in [6.07, 6.45) is 4.78. The molecule has 46 heavy (non-hydrogen) atoms. The summed E-state index contributed by atoms with van der Waals surface area (Å²) < 4.78 is 11.4. The van der Waals surface area contributed by atoms with Gasteiger partial charge in [0.1, 0.15) is 18.0 Å². The van der Waals surface area contributed by atoms with Crippen LogP contribution in [0.5, 0.6) is 11.5 Å². The van der Waals surface area contributed by atoms with E-state index in [4.69, 9.17) is 14.6 Å². The Morgan fingerprint density at radius 3 is 2.37 bits per heavy atom. The summed E-state index contributed by atoms with van der Waals surface area (Å²) in [4.78, 5) is 42.1. The van der Waals surface area contributed by atoms with Crippen LogP contribution in [-0.2, 0) is 14.4 Å². The molecule has 4 aliphatic rings. The van der Waals surface area contributed by atoms with Gasteiger partial charge in [-0.25, -0.2) is 9.91 Å². The predicted molar refractivity (Wildman–Crippen MR) is 174 cm³/mol. The number of carbonyl (C=O) groups excluding carboxylic acids is 3. The number of hydrogen-bond acceptors (Lipinski definition) is 9. The Labute approximate surface area is 274 Å². The molecule has 3 aromatic rings.